The zero-order valence-electron chi connectivity index (χ0n) is 12.4. The quantitative estimate of drug-likeness (QED) is 0.880. The monoisotopic (exact) mass is 297 g/mol. The molecule has 1 saturated carbocycles. The summed E-state index contributed by atoms with van der Waals surface area (Å²) in [4.78, 5) is 18.0. The lowest BCUT2D eigenvalue weighted by atomic mass is 9.96. The summed E-state index contributed by atoms with van der Waals surface area (Å²) in [5.41, 5.74) is 3.55. The second-order valence-corrected chi connectivity index (χ2v) is 6.35. The lowest BCUT2D eigenvalue weighted by Crippen LogP contribution is -2.00. The minimum atomic E-state index is -0.543. The Balaban J connectivity index is 1.39. The zero-order chi connectivity index (χ0) is 14.9. The van der Waals surface area contributed by atoms with Gasteiger partial charge in [0, 0.05) is 17.5 Å². The summed E-state index contributed by atoms with van der Waals surface area (Å²) in [6, 6.07) is 3.94. The average molecular weight is 297 g/mol. The molecule has 22 heavy (non-hydrogen) atoms. The highest BCUT2D eigenvalue weighted by atomic mass is 16.5. The molecule has 0 aromatic carbocycles. The van der Waals surface area contributed by atoms with Gasteiger partial charge in [0.05, 0.1) is 0 Å². The molecule has 5 heteroatoms. The van der Waals surface area contributed by atoms with Gasteiger partial charge in [-0.1, -0.05) is 23.2 Å². The van der Waals surface area contributed by atoms with E-state index in [9.17, 15) is 4.79 Å². The van der Waals surface area contributed by atoms with Crippen LogP contribution in [0.25, 0.3) is 11.4 Å². The van der Waals surface area contributed by atoms with Crippen LogP contribution in [0, 0.1) is 11.8 Å². The van der Waals surface area contributed by atoms with Crippen LogP contribution in [0.5, 0.6) is 0 Å². The minimum Gasteiger partial charge on any atom is -0.296 e. The third-order valence-electron chi connectivity index (χ3n) is 4.73. The first-order chi connectivity index (χ1) is 10.8. The molecular formula is C17H19N3O2. The molecule has 0 radical (unpaired) electrons. The first-order valence-electron chi connectivity index (χ1n) is 8.00. The maximum Gasteiger partial charge on any atom is 0.439 e. The third-order valence-corrected chi connectivity index (χ3v) is 4.73. The standard InChI is InChI=1S/C17H19N3O2/c21-17-19-16(20-22-17)13-5-7-15(18-10-13)6-4-11-2-1-3-12-9-14(12)8-11/h5,7-8,10-12H,1-4,6,9H2,(H,19,20,21)/t11-,12+/m1/s1. The minimum absolute atomic E-state index is 0.428. The molecule has 114 valence electrons. The molecule has 5 nitrogen and oxygen atoms in total. The summed E-state index contributed by atoms with van der Waals surface area (Å²) >= 11 is 0. The Labute approximate surface area is 128 Å². The van der Waals surface area contributed by atoms with Crippen LogP contribution in [0.4, 0.5) is 0 Å². The molecule has 0 spiro atoms. The highest BCUT2D eigenvalue weighted by Gasteiger charge is 2.31. The number of allylic oxidation sites excluding steroid dienone is 2. The maximum atomic E-state index is 11.0. The van der Waals surface area contributed by atoms with Crippen LogP contribution in [0.15, 0.2) is 39.3 Å². The van der Waals surface area contributed by atoms with Gasteiger partial charge < -0.3 is 0 Å². The number of hydrogen-bond acceptors (Lipinski definition) is 4. The Morgan fingerprint density at radius 3 is 3.05 bits per heavy atom. The van der Waals surface area contributed by atoms with Crippen molar-refractivity contribution in [3.63, 3.8) is 0 Å². The van der Waals surface area contributed by atoms with Crippen molar-refractivity contribution < 1.29 is 4.52 Å². The molecule has 2 atom stereocenters. The highest BCUT2D eigenvalue weighted by Crippen LogP contribution is 2.45. The number of nitrogens with zero attached hydrogens (tertiary/aromatic N) is 2. The molecule has 2 aromatic heterocycles. The molecule has 0 saturated heterocycles. The summed E-state index contributed by atoms with van der Waals surface area (Å²) < 4.78 is 4.51. The highest BCUT2D eigenvalue weighted by molar-refractivity contribution is 5.52. The van der Waals surface area contributed by atoms with Crippen molar-refractivity contribution in [1.82, 2.24) is 15.1 Å². The van der Waals surface area contributed by atoms with Crippen molar-refractivity contribution in [2.24, 2.45) is 11.8 Å². The maximum absolute atomic E-state index is 11.0. The second-order valence-electron chi connectivity index (χ2n) is 6.35. The summed E-state index contributed by atoms with van der Waals surface area (Å²) in [5, 5.41) is 3.67. The van der Waals surface area contributed by atoms with Gasteiger partial charge in [-0.25, -0.2) is 4.79 Å². The van der Waals surface area contributed by atoms with Gasteiger partial charge >= 0.3 is 5.76 Å². The van der Waals surface area contributed by atoms with Gasteiger partial charge in [-0.2, -0.15) is 0 Å². The number of H-pyrrole nitrogens is 1. The van der Waals surface area contributed by atoms with Crippen LogP contribution in [0.2, 0.25) is 0 Å². The van der Waals surface area contributed by atoms with Gasteiger partial charge in [0.25, 0.3) is 0 Å². The predicted molar refractivity (Wildman–Crippen MR) is 82.2 cm³/mol. The molecule has 4 rings (SSSR count). The largest absolute Gasteiger partial charge is 0.439 e. The van der Waals surface area contributed by atoms with Gasteiger partial charge in [-0.3, -0.25) is 14.5 Å². The van der Waals surface area contributed by atoms with Crippen LogP contribution >= 0.6 is 0 Å². The fourth-order valence-electron chi connectivity index (χ4n) is 3.36. The van der Waals surface area contributed by atoms with Crippen LogP contribution < -0.4 is 5.76 Å². The molecule has 2 heterocycles. The molecule has 2 aliphatic carbocycles. The third kappa shape index (κ3) is 2.89. The molecule has 2 aromatic rings. The van der Waals surface area contributed by atoms with Crippen LogP contribution in [-0.2, 0) is 6.42 Å². The first-order valence-corrected chi connectivity index (χ1v) is 8.00. The molecular weight excluding hydrogens is 278 g/mol. The number of pyridine rings is 1. The van der Waals surface area contributed by atoms with E-state index in [0.29, 0.717) is 5.82 Å². The topological polar surface area (TPSA) is 71.8 Å². The molecule has 0 bridgehead atoms. The summed E-state index contributed by atoms with van der Waals surface area (Å²) in [6.07, 6.45) is 11.8. The molecule has 0 amide bonds. The molecule has 2 aliphatic rings. The van der Waals surface area contributed by atoms with Crippen molar-refractivity contribution in [2.75, 3.05) is 0 Å². The number of aryl methyl sites for hydroxylation is 1. The predicted octanol–water partition coefficient (Wildman–Crippen LogP) is 3.10. The Morgan fingerprint density at radius 1 is 1.32 bits per heavy atom. The van der Waals surface area contributed by atoms with Gasteiger partial charge in [-0.15, -0.1) is 0 Å². The van der Waals surface area contributed by atoms with Gasteiger partial charge in [0.1, 0.15) is 0 Å². The number of hydrogen-bond donors (Lipinski definition) is 1. The van der Waals surface area contributed by atoms with Crippen molar-refractivity contribution in [3.8, 4) is 11.4 Å². The number of rotatable bonds is 4. The SMILES string of the molecule is O=c1[nH]c(-c2ccc(CC[C@@H]3C=C4C[C@@H]4CCC3)nc2)no1. The van der Waals surface area contributed by atoms with Gasteiger partial charge in [0.15, 0.2) is 5.82 Å². The molecule has 0 aliphatic heterocycles. The fourth-order valence-corrected chi connectivity index (χ4v) is 3.36. The van der Waals surface area contributed by atoms with Crippen molar-refractivity contribution in [2.45, 2.75) is 38.5 Å². The molecule has 0 unspecified atom stereocenters. The van der Waals surface area contributed by atoms with Crippen LogP contribution in [0.3, 0.4) is 0 Å². The summed E-state index contributed by atoms with van der Waals surface area (Å²) in [5.74, 6) is 1.53. The first kappa shape index (κ1) is 13.5. The fraction of sp³-hybridized carbons (Fsp3) is 0.471. The van der Waals surface area contributed by atoms with E-state index < -0.39 is 5.76 Å². The Hall–Kier alpha value is -2.17. The lowest BCUT2D eigenvalue weighted by Gasteiger charge is -2.11. The lowest BCUT2D eigenvalue weighted by molar-refractivity contribution is 0.388. The zero-order valence-corrected chi connectivity index (χ0v) is 12.4. The number of fused-ring (bicyclic) bond motifs is 1. The Bertz CT molecular complexity index is 742. The van der Waals surface area contributed by atoms with Crippen molar-refractivity contribution in [3.05, 3.63) is 46.2 Å². The van der Waals surface area contributed by atoms with E-state index in [4.69, 9.17) is 0 Å². The van der Waals surface area contributed by atoms with E-state index in [1.165, 1.54) is 32.1 Å². The average Bonchev–Trinajstić information content (AvgIpc) is 3.16. The second kappa shape index (κ2) is 5.55. The van der Waals surface area contributed by atoms with Gasteiger partial charge in [-0.05, 0) is 56.1 Å². The van der Waals surface area contributed by atoms with E-state index in [1.807, 2.05) is 12.1 Å². The molecule has 1 fully saturated rings. The van der Waals surface area contributed by atoms with E-state index in [1.54, 1.807) is 11.8 Å². The smallest absolute Gasteiger partial charge is 0.296 e. The Morgan fingerprint density at radius 2 is 2.27 bits per heavy atom. The van der Waals surface area contributed by atoms with E-state index >= 15 is 0 Å². The van der Waals surface area contributed by atoms with E-state index in [0.717, 1.165) is 29.5 Å². The van der Waals surface area contributed by atoms with Crippen LogP contribution in [0.1, 0.15) is 37.8 Å². The number of nitrogens with one attached hydrogen (secondary N) is 1. The Kier molecular flexibility index (Phi) is 3.41. The molecule has 1 N–H and O–H groups in total. The normalized spacial score (nSPS) is 23.5. The van der Waals surface area contributed by atoms with Crippen molar-refractivity contribution >= 4 is 0 Å². The van der Waals surface area contributed by atoms with Gasteiger partial charge in [0.2, 0.25) is 0 Å². The van der Waals surface area contributed by atoms with Crippen molar-refractivity contribution in [1.29, 1.82) is 0 Å². The van der Waals surface area contributed by atoms with Crippen LogP contribution in [-0.4, -0.2) is 15.1 Å². The van der Waals surface area contributed by atoms with E-state index in [-0.39, 0.29) is 0 Å². The number of aromatic amines is 1. The summed E-state index contributed by atoms with van der Waals surface area (Å²) in [7, 11) is 0. The summed E-state index contributed by atoms with van der Waals surface area (Å²) in [6.45, 7) is 0. The number of aromatic nitrogens is 3. The van der Waals surface area contributed by atoms with E-state index in [2.05, 4.69) is 25.7 Å².